The zero-order valence-corrected chi connectivity index (χ0v) is 8.65. The van der Waals surface area contributed by atoms with E-state index >= 15 is 0 Å². The van der Waals surface area contributed by atoms with Crippen molar-refractivity contribution in [2.45, 2.75) is 33.6 Å². The van der Waals surface area contributed by atoms with E-state index in [1.54, 1.807) is 11.1 Å². The molecule has 0 aromatic heterocycles. The Balaban J connectivity index is 2.93. The molecule has 0 fully saturated rings. The SMILES string of the molecule is CC1=c2ccc(C)cc2=C(C)CC1. The monoisotopic (exact) mass is 172 g/mol. The van der Waals surface area contributed by atoms with Gasteiger partial charge in [-0.15, -0.1) is 0 Å². The van der Waals surface area contributed by atoms with Gasteiger partial charge in [0.25, 0.3) is 0 Å². The summed E-state index contributed by atoms with van der Waals surface area (Å²) in [4.78, 5) is 0. The Bertz CT molecular complexity index is 449. The predicted octanol–water partition coefficient (Wildman–Crippen LogP) is 2.13. The summed E-state index contributed by atoms with van der Waals surface area (Å²) in [5.41, 5.74) is 4.46. The smallest absolute Gasteiger partial charge is 0.0193 e. The maximum atomic E-state index is 2.31. The van der Waals surface area contributed by atoms with Crippen LogP contribution in [0.1, 0.15) is 32.3 Å². The molecule has 0 radical (unpaired) electrons. The summed E-state index contributed by atoms with van der Waals surface area (Å²) in [7, 11) is 0. The fraction of sp³-hybridized carbons (Fsp3) is 0.385. The Morgan fingerprint density at radius 3 is 2.15 bits per heavy atom. The molecule has 0 atom stereocenters. The molecule has 68 valence electrons. The first-order valence-electron chi connectivity index (χ1n) is 4.95. The highest BCUT2D eigenvalue weighted by molar-refractivity contribution is 5.55. The van der Waals surface area contributed by atoms with Gasteiger partial charge in [0.2, 0.25) is 0 Å². The molecule has 0 aliphatic heterocycles. The molecule has 0 heterocycles. The quantitative estimate of drug-likeness (QED) is 0.562. The van der Waals surface area contributed by atoms with Crippen molar-refractivity contribution in [1.29, 1.82) is 0 Å². The third kappa shape index (κ3) is 1.41. The van der Waals surface area contributed by atoms with Crippen LogP contribution in [0.15, 0.2) is 18.2 Å². The Morgan fingerprint density at radius 1 is 0.846 bits per heavy atom. The van der Waals surface area contributed by atoms with E-state index in [0.717, 1.165) is 0 Å². The van der Waals surface area contributed by atoms with Crippen molar-refractivity contribution in [3.05, 3.63) is 34.2 Å². The number of benzene rings is 1. The topological polar surface area (TPSA) is 0 Å². The molecule has 0 saturated carbocycles. The van der Waals surface area contributed by atoms with Crippen LogP contribution < -0.4 is 10.4 Å². The lowest BCUT2D eigenvalue weighted by molar-refractivity contribution is 1.02. The summed E-state index contributed by atoms with van der Waals surface area (Å²) in [5.74, 6) is 0. The molecule has 0 nitrogen and oxygen atoms in total. The molecule has 2 rings (SSSR count). The first kappa shape index (κ1) is 8.55. The minimum atomic E-state index is 1.24. The van der Waals surface area contributed by atoms with Crippen LogP contribution in [0.3, 0.4) is 0 Å². The van der Waals surface area contributed by atoms with Crippen molar-refractivity contribution in [1.82, 2.24) is 0 Å². The molecular weight excluding hydrogens is 156 g/mol. The van der Waals surface area contributed by atoms with Crippen LogP contribution in [0.25, 0.3) is 11.1 Å². The molecule has 0 saturated heterocycles. The third-order valence-electron chi connectivity index (χ3n) is 2.97. The van der Waals surface area contributed by atoms with Crippen molar-refractivity contribution in [3.63, 3.8) is 0 Å². The van der Waals surface area contributed by atoms with E-state index in [0.29, 0.717) is 0 Å². The van der Waals surface area contributed by atoms with Gasteiger partial charge in [-0.2, -0.15) is 0 Å². The van der Waals surface area contributed by atoms with Gasteiger partial charge in [-0.3, -0.25) is 0 Å². The first-order valence-corrected chi connectivity index (χ1v) is 4.95. The molecular formula is C13H16. The average molecular weight is 172 g/mol. The van der Waals surface area contributed by atoms with E-state index in [-0.39, 0.29) is 0 Å². The number of rotatable bonds is 0. The Morgan fingerprint density at radius 2 is 1.46 bits per heavy atom. The molecule has 1 aromatic rings. The molecule has 1 aromatic carbocycles. The largest absolute Gasteiger partial charge is 0.0652 e. The fourth-order valence-corrected chi connectivity index (χ4v) is 2.03. The molecule has 0 N–H and O–H groups in total. The van der Waals surface area contributed by atoms with E-state index in [9.17, 15) is 0 Å². The first-order chi connectivity index (χ1) is 6.18. The highest BCUT2D eigenvalue weighted by atomic mass is 14.1. The standard InChI is InChI=1S/C13H16/c1-9-4-7-12-10(2)5-6-11(3)13(12)8-9/h4,7-8H,5-6H2,1-3H3. The average Bonchev–Trinajstić information content (AvgIpc) is 2.12. The molecule has 0 amide bonds. The number of hydrogen-bond acceptors (Lipinski definition) is 0. The van der Waals surface area contributed by atoms with Gasteiger partial charge >= 0.3 is 0 Å². The Kier molecular flexibility index (Phi) is 1.99. The maximum Gasteiger partial charge on any atom is -0.0193 e. The van der Waals surface area contributed by atoms with Gasteiger partial charge in [-0.25, -0.2) is 0 Å². The molecule has 0 heteroatoms. The van der Waals surface area contributed by atoms with E-state index in [1.807, 2.05) is 0 Å². The van der Waals surface area contributed by atoms with Crippen LogP contribution >= 0.6 is 0 Å². The minimum absolute atomic E-state index is 1.24. The van der Waals surface area contributed by atoms with E-state index in [4.69, 9.17) is 0 Å². The highest BCUT2D eigenvalue weighted by Crippen LogP contribution is 2.12. The molecule has 0 unspecified atom stereocenters. The van der Waals surface area contributed by atoms with Gasteiger partial charge in [0.15, 0.2) is 0 Å². The lowest BCUT2D eigenvalue weighted by Gasteiger charge is -2.11. The summed E-state index contributed by atoms with van der Waals surface area (Å²) in [5, 5.41) is 2.94. The van der Waals surface area contributed by atoms with Crippen molar-refractivity contribution in [2.75, 3.05) is 0 Å². The molecule has 0 spiro atoms. The van der Waals surface area contributed by atoms with Gasteiger partial charge in [0.1, 0.15) is 0 Å². The molecule has 1 aliphatic carbocycles. The second kappa shape index (κ2) is 3.02. The minimum Gasteiger partial charge on any atom is -0.0652 e. The van der Waals surface area contributed by atoms with Crippen molar-refractivity contribution in [2.24, 2.45) is 0 Å². The maximum absolute atomic E-state index is 2.31. The Labute approximate surface area is 79.6 Å². The van der Waals surface area contributed by atoms with Crippen molar-refractivity contribution >= 4 is 11.1 Å². The van der Waals surface area contributed by atoms with Crippen LogP contribution in [0, 0.1) is 6.92 Å². The number of hydrogen-bond donors (Lipinski definition) is 0. The van der Waals surface area contributed by atoms with Crippen LogP contribution in [-0.4, -0.2) is 0 Å². The van der Waals surface area contributed by atoms with Gasteiger partial charge in [0.05, 0.1) is 0 Å². The normalized spacial score (nSPS) is 15.9. The second-order valence-corrected chi connectivity index (χ2v) is 4.11. The van der Waals surface area contributed by atoms with Gasteiger partial charge < -0.3 is 0 Å². The number of aryl methyl sites for hydroxylation is 1. The third-order valence-corrected chi connectivity index (χ3v) is 2.97. The lowest BCUT2D eigenvalue weighted by Crippen LogP contribution is -2.31. The molecule has 0 bridgehead atoms. The van der Waals surface area contributed by atoms with Gasteiger partial charge in [-0.05, 0) is 44.1 Å². The van der Waals surface area contributed by atoms with E-state index in [1.165, 1.54) is 28.8 Å². The zero-order chi connectivity index (χ0) is 9.42. The van der Waals surface area contributed by atoms with Crippen LogP contribution in [0.4, 0.5) is 0 Å². The Hall–Kier alpha value is -1.04. The molecule has 1 aliphatic rings. The predicted molar refractivity (Wildman–Crippen MR) is 57.8 cm³/mol. The van der Waals surface area contributed by atoms with Gasteiger partial charge in [-0.1, -0.05) is 34.9 Å². The van der Waals surface area contributed by atoms with Crippen LogP contribution in [0.5, 0.6) is 0 Å². The summed E-state index contributed by atoms with van der Waals surface area (Å²) >= 11 is 0. The van der Waals surface area contributed by atoms with Gasteiger partial charge in [0, 0.05) is 0 Å². The summed E-state index contributed by atoms with van der Waals surface area (Å²) in [6.07, 6.45) is 2.48. The second-order valence-electron chi connectivity index (χ2n) is 4.11. The highest BCUT2D eigenvalue weighted by Gasteiger charge is 2.03. The summed E-state index contributed by atoms with van der Waals surface area (Å²) in [6, 6.07) is 6.79. The lowest BCUT2D eigenvalue weighted by atomic mass is 9.94. The van der Waals surface area contributed by atoms with E-state index in [2.05, 4.69) is 39.0 Å². The fourth-order valence-electron chi connectivity index (χ4n) is 2.03. The van der Waals surface area contributed by atoms with Crippen molar-refractivity contribution < 1.29 is 0 Å². The zero-order valence-electron chi connectivity index (χ0n) is 8.65. The number of fused-ring (bicyclic) bond motifs is 1. The van der Waals surface area contributed by atoms with Crippen molar-refractivity contribution in [3.8, 4) is 0 Å². The van der Waals surface area contributed by atoms with Crippen LogP contribution in [0.2, 0.25) is 0 Å². The summed E-state index contributed by atoms with van der Waals surface area (Å²) < 4.78 is 0. The molecule has 13 heavy (non-hydrogen) atoms. The van der Waals surface area contributed by atoms with Crippen LogP contribution in [-0.2, 0) is 0 Å². The van der Waals surface area contributed by atoms with E-state index < -0.39 is 0 Å². The summed E-state index contributed by atoms with van der Waals surface area (Å²) in [6.45, 7) is 6.67.